The third-order valence-electron chi connectivity index (χ3n) is 2.06. The molecule has 0 fully saturated rings. The molecule has 0 heterocycles. The van der Waals surface area contributed by atoms with Crippen LogP contribution < -0.4 is 15.2 Å². The van der Waals surface area contributed by atoms with Gasteiger partial charge in [0.05, 0.1) is 13.7 Å². The Balaban J connectivity index is 2.76. The molecule has 0 radical (unpaired) electrons. The lowest BCUT2D eigenvalue weighted by Crippen LogP contribution is -2.08. The fourth-order valence-electron chi connectivity index (χ4n) is 1.31. The van der Waals surface area contributed by atoms with Gasteiger partial charge in [0.2, 0.25) is 0 Å². The normalized spacial score (nSPS) is 10.1. The topological polar surface area (TPSA) is 53.7 Å². The first-order chi connectivity index (χ1) is 7.33. The van der Waals surface area contributed by atoms with Gasteiger partial charge in [-0.25, -0.2) is 0 Å². The van der Waals surface area contributed by atoms with Crippen LogP contribution in [0.25, 0.3) is 0 Å². The van der Waals surface area contributed by atoms with E-state index >= 15 is 0 Å². The molecule has 0 spiro atoms. The van der Waals surface area contributed by atoms with Gasteiger partial charge in [0.15, 0.2) is 0 Å². The van der Waals surface area contributed by atoms with E-state index < -0.39 is 0 Å². The highest BCUT2D eigenvalue weighted by molar-refractivity contribution is 5.44. The summed E-state index contributed by atoms with van der Waals surface area (Å²) in [7, 11) is 3.26. The number of rotatable bonds is 6. The van der Waals surface area contributed by atoms with E-state index in [1.807, 2.05) is 18.2 Å². The summed E-state index contributed by atoms with van der Waals surface area (Å²) in [5.41, 5.74) is 6.53. The summed E-state index contributed by atoms with van der Waals surface area (Å²) in [4.78, 5) is 0. The van der Waals surface area contributed by atoms with Gasteiger partial charge in [-0.05, 0) is 12.1 Å². The molecule has 0 saturated carbocycles. The molecule has 0 aliphatic heterocycles. The van der Waals surface area contributed by atoms with E-state index in [9.17, 15) is 0 Å². The molecule has 0 saturated heterocycles. The van der Waals surface area contributed by atoms with Crippen LogP contribution in [0.1, 0.15) is 5.56 Å². The van der Waals surface area contributed by atoms with Gasteiger partial charge in [0.1, 0.15) is 18.1 Å². The molecule has 0 bridgehead atoms. The first-order valence-electron chi connectivity index (χ1n) is 4.81. The van der Waals surface area contributed by atoms with Crippen molar-refractivity contribution in [2.24, 2.45) is 5.73 Å². The second-order valence-corrected chi connectivity index (χ2v) is 2.98. The van der Waals surface area contributed by atoms with Crippen LogP contribution in [0.2, 0.25) is 0 Å². The molecular weight excluding hydrogens is 194 g/mol. The number of methoxy groups -OCH3 is 2. The molecule has 4 nitrogen and oxygen atoms in total. The van der Waals surface area contributed by atoms with Crippen molar-refractivity contribution in [3.8, 4) is 11.5 Å². The molecule has 2 N–H and O–H groups in total. The van der Waals surface area contributed by atoms with Crippen molar-refractivity contribution >= 4 is 0 Å². The Morgan fingerprint density at radius 2 is 1.87 bits per heavy atom. The minimum atomic E-state index is 0.395. The van der Waals surface area contributed by atoms with Crippen molar-refractivity contribution in [1.82, 2.24) is 0 Å². The average Bonchev–Trinajstić information content (AvgIpc) is 2.29. The Labute approximate surface area is 89.9 Å². The van der Waals surface area contributed by atoms with Crippen molar-refractivity contribution in [2.75, 3.05) is 27.4 Å². The standard InChI is InChI=1S/C11H17NO3/c1-13-6-7-15-11-5-3-4-10(14-2)9(11)8-12/h3-5H,6-8,12H2,1-2H3. The average molecular weight is 211 g/mol. The number of benzene rings is 1. The van der Waals surface area contributed by atoms with Crippen LogP contribution in [0.3, 0.4) is 0 Å². The molecule has 15 heavy (non-hydrogen) atoms. The predicted molar refractivity (Wildman–Crippen MR) is 58.3 cm³/mol. The van der Waals surface area contributed by atoms with Crippen LogP contribution in [-0.2, 0) is 11.3 Å². The van der Waals surface area contributed by atoms with E-state index in [0.29, 0.717) is 19.8 Å². The Kier molecular flexibility index (Phi) is 4.93. The predicted octanol–water partition coefficient (Wildman–Crippen LogP) is 1.18. The molecule has 4 heteroatoms. The van der Waals surface area contributed by atoms with E-state index in [4.69, 9.17) is 19.9 Å². The molecule has 0 aliphatic carbocycles. The second kappa shape index (κ2) is 6.27. The van der Waals surface area contributed by atoms with E-state index in [1.165, 1.54) is 0 Å². The first kappa shape index (κ1) is 11.8. The van der Waals surface area contributed by atoms with Crippen molar-refractivity contribution in [3.05, 3.63) is 23.8 Å². The van der Waals surface area contributed by atoms with E-state index in [-0.39, 0.29) is 0 Å². The zero-order valence-corrected chi connectivity index (χ0v) is 9.16. The Bertz CT molecular complexity index is 302. The molecule has 0 unspecified atom stereocenters. The van der Waals surface area contributed by atoms with Gasteiger partial charge in [-0.15, -0.1) is 0 Å². The van der Waals surface area contributed by atoms with Crippen LogP contribution >= 0.6 is 0 Å². The molecule has 1 aromatic rings. The molecule has 1 aromatic carbocycles. The second-order valence-electron chi connectivity index (χ2n) is 2.98. The van der Waals surface area contributed by atoms with E-state index in [2.05, 4.69) is 0 Å². The number of hydrogen-bond donors (Lipinski definition) is 1. The summed E-state index contributed by atoms with van der Waals surface area (Å²) in [6, 6.07) is 5.62. The largest absolute Gasteiger partial charge is 0.496 e. The van der Waals surface area contributed by atoms with Crippen molar-refractivity contribution in [3.63, 3.8) is 0 Å². The van der Waals surface area contributed by atoms with Crippen LogP contribution in [0.4, 0.5) is 0 Å². The summed E-state index contributed by atoms with van der Waals surface area (Å²) in [6.45, 7) is 1.46. The number of nitrogens with two attached hydrogens (primary N) is 1. The zero-order chi connectivity index (χ0) is 11.1. The quantitative estimate of drug-likeness (QED) is 0.718. The Morgan fingerprint density at radius 3 is 2.47 bits per heavy atom. The Morgan fingerprint density at radius 1 is 1.13 bits per heavy atom. The van der Waals surface area contributed by atoms with Crippen molar-refractivity contribution < 1.29 is 14.2 Å². The molecule has 0 amide bonds. The molecule has 0 aliphatic rings. The van der Waals surface area contributed by atoms with Gasteiger partial charge >= 0.3 is 0 Å². The van der Waals surface area contributed by atoms with Crippen LogP contribution in [0.15, 0.2) is 18.2 Å². The fraction of sp³-hybridized carbons (Fsp3) is 0.455. The van der Waals surface area contributed by atoms with E-state index in [1.54, 1.807) is 14.2 Å². The van der Waals surface area contributed by atoms with Crippen LogP contribution in [0.5, 0.6) is 11.5 Å². The zero-order valence-electron chi connectivity index (χ0n) is 9.16. The van der Waals surface area contributed by atoms with Gasteiger partial charge in [0.25, 0.3) is 0 Å². The summed E-state index contributed by atoms with van der Waals surface area (Å²) < 4.78 is 15.6. The van der Waals surface area contributed by atoms with Gasteiger partial charge in [-0.3, -0.25) is 0 Å². The Hall–Kier alpha value is -1.26. The molecule has 0 atom stereocenters. The third kappa shape index (κ3) is 3.11. The minimum Gasteiger partial charge on any atom is -0.496 e. The maximum absolute atomic E-state index is 5.64. The molecule has 84 valence electrons. The summed E-state index contributed by atoms with van der Waals surface area (Å²) in [5, 5.41) is 0. The van der Waals surface area contributed by atoms with Gasteiger partial charge < -0.3 is 19.9 Å². The first-order valence-corrected chi connectivity index (χ1v) is 4.81. The summed E-state index contributed by atoms with van der Waals surface area (Å²) in [5.74, 6) is 1.52. The van der Waals surface area contributed by atoms with Gasteiger partial charge in [0, 0.05) is 19.2 Å². The highest BCUT2D eigenvalue weighted by Crippen LogP contribution is 2.27. The van der Waals surface area contributed by atoms with E-state index in [0.717, 1.165) is 17.1 Å². The molecular formula is C11H17NO3. The van der Waals surface area contributed by atoms with Gasteiger partial charge in [-0.1, -0.05) is 6.07 Å². The molecule has 0 aromatic heterocycles. The molecule has 1 rings (SSSR count). The van der Waals surface area contributed by atoms with Crippen LogP contribution in [-0.4, -0.2) is 27.4 Å². The maximum atomic E-state index is 5.64. The third-order valence-corrected chi connectivity index (χ3v) is 2.06. The smallest absolute Gasteiger partial charge is 0.127 e. The van der Waals surface area contributed by atoms with Crippen molar-refractivity contribution in [1.29, 1.82) is 0 Å². The SMILES string of the molecule is COCCOc1cccc(OC)c1CN. The number of hydrogen-bond acceptors (Lipinski definition) is 4. The summed E-state index contributed by atoms with van der Waals surface area (Å²) in [6.07, 6.45) is 0. The minimum absolute atomic E-state index is 0.395. The highest BCUT2D eigenvalue weighted by atomic mass is 16.5. The van der Waals surface area contributed by atoms with Crippen LogP contribution in [0, 0.1) is 0 Å². The highest BCUT2D eigenvalue weighted by Gasteiger charge is 2.07. The fourth-order valence-corrected chi connectivity index (χ4v) is 1.31. The van der Waals surface area contributed by atoms with Gasteiger partial charge in [-0.2, -0.15) is 0 Å². The summed E-state index contributed by atoms with van der Waals surface area (Å²) >= 11 is 0. The van der Waals surface area contributed by atoms with Crippen molar-refractivity contribution in [2.45, 2.75) is 6.54 Å². The monoisotopic (exact) mass is 211 g/mol. The lowest BCUT2D eigenvalue weighted by Gasteiger charge is -2.13. The lowest BCUT2D eigenvalue weighted by atomic mass is 10.2. The number of ether oxygens (including phenoxy) is 3. The maximum Gasteiger partial charge on any atom is 0.127 e. The lowest BCUT2D eigenvalue weighted by molar-refractivity contribution is 0.145.